The highest BCUT2D eigenvalue weighted by Crippen LogP contribution is 2.24. The standard InChI is InChI=1S/C24H32N2O5/c1-24(2,3)31-23(28)25-13-14-26(19-7-9-21(27)10-8-19)20(15-25)17-30-16-18-5-11-22(29-4)12-6-18/h5-12,20,27H,13-17H2,1-4H3. The Balaban J connectivity index is 1.67. The quantitative estimate of drug-likeness (QED) is 0.749. The maximum atomic E-state index is 12.6. The third kappa shape index (κ3) is 6.52. The van der Waals surface area contributed by atoms with E-state index in [0.717, 1.165) is 17.0 Å². The van der Waals surface area contributed by atoms with E-state index in [-0.39, 0.29) is 17.9 Å². The summed E-state index contributed by atoms with van der Waals surface area (Å²) in [6.45, 7) is 8.24. The van der Waals surface area contributed by atoms with Crippen molar-refractivity contribution in [2.45, 2.75) is 39.0 Å². The molecule has 1 heterocycles. The van der Waals surface area contributed by atoms with Crippen LogP contribution in [0.3, 0.4) is 0 Å². The summed E-state index contributed by atoms with van der Waals surface area (Å²) in [6, 6.07) is 14.8. The molecule has 1 aliphatic heterocycles. The molecule has 2 aromatic rings. The minimum absolute atomic E-state index is 0.0379. The van der Waals surface area contributed by atoms with Gasteiger partial charge >= 0.3 is 6.09 Å². The molecule has 0 spiro atoms. The molecular formula is C24H32N2O5. The van der Waals surface area contributed by atoms with Gasteiger partial charge in [-0.25, -0.2) is 4.79 Å². The highest BCUT2D eigenvalue weighted by atomic mass is 16.6. The van der Waals surface area contributed by atoms with Gasteiger partial charge in [0.2, 0.25) is 0 Å². The summed E-state index contributed by atoms with van der Waals surface area (Å²) in [5.74, 6) is 1.03. The van der Waals surface area contributed by atoms with E-state index in [1.165, 1.54) is 0 Å². The molecule has 1 saturated heterocycles. The second-order valence-corrected chi connectivity index (χ2v) is 8.65. The Kier molecular flexibility index (Phi) is 7.28. The highest BCUT2D eigenvalue weighted by molar-refractivity contribution is 5.69. The smallest absolute Gasteiger partial charge is 0.410 e. The molecule has 7 nitrogen and oxygen atoms in total. The number of amides is 1. The Labute approximate surface area is 184 Å². The number of methoxy groups -OCH3 is 1. The number of piperazine rings is 1. The number of rotatable bonds is 6. The SMILES string of the molecule is COc1ccc(COCC2CN(C(=O)OC(C)(C)C)CCN2c2ccc(O)cc2)cc1. The van der Waals surface area contributed by atoms with Gasteiger partial charge < -0.3 is 29.1 Å². The second-order valence-electron chi connectivity index (χ2n) is 8.65. The minimum atomic E-state index is -0.536. The fourth-order valence-electron chi connectivity index (χ4n) is 3.51. The first-order valence-corrected chi connectivity index (χ1v) is 10.5. The van der Waals surface area contributed by atoms with Crippen molar-refractivity contribution < 1.29 is 24.1 Å². The van der Waals surface area contributed by atoms with Crippen LogP contribution in [0.1, 0.15) is 26.3 Å². The summed E-state index contributed by atoms with van der Waals surface area (Å²) in [5.41, 5.74) is 1.50. The topological polar surface area (TPSA) is 71.5 Å². The van der Waals surface area contributed by atoms with Crippen molar-refractivity contribution in [3.63, 3.8) is 0 Å². The molecule has 0 saturated carbocycles. The maximum Gasteiger partial charge on any atom is 0.410 e. The van der Waals surface area contributed by atoms with Crippen molar-refractivity contribution in [3.05, 3.63) is 54.1 Å². The number of hydrogen-bond acceptors (Lipinski definition) is 6. The van der Waals surface area contributed by atoms with Crippen molar-refractivity contribution in [2.24, 2.45) is 0 Å². The summed E-state index contributed by atoms with van der Waals surface area (Å²) >= 11 is 0. The zero-order valence-electron chi connectivity index (χ0n) is 18.7. The van der Waals surface area contributed by atoms with Gasteiger partial charge in [-0.2, -0.15) is 0 Å². The number of aromatic hydroxyl groups is 1. The number of benzene rings is 2. The minimum Gasteiger partial charge on any atom is -0.508 e. The molecule has 168 valence electrons. The van der Waals surface area contributed by atoms with Crippen LogP contribution in [0.4, 0.5) is 10.5 Å². The van der Waals surface area contributed by atoms with Crippen molar-refractivity contribution in [1.29, 1.82) is 0 Å². The molecule has 1 amide bonds. The number of phenols is 1. The third-order valence-corrected chi connectivity index (χ3v) is 5.05. The summed E-state index contributed by atoms with van der Waals surface area (Å²) < 4.78 is 16.8. The van der Waals surface area contributed by atoms with Crippen LogP contribution in [0.5, 0.6) is 11.5 Å². The van der Waals surface area contributed by atoms with Gasteiger partial charge in [0, 0.05) is 25.3 Å². The summed E-state index contributed by atoms with van der Waals surface area (Å²) in [5, 5.41) is 9.63. The molecule has 7 heteroatoms. The van der Waals surface area contributed by atoms with Crippen LogP contribution in [0.25, 0.3) is 0 Å². The van der Waals surface area contributed by atoms with E-state index in [1.54, 1.807) is 24.1 Å². The Bertz CT molecular complexity index is 846. The van der Waals surface area contributed by atoms with Crippen LogP contribution in [0, 0.1) is 0 Å². The number of anilines is 1. The Morgan fingerprint density at radius 3 is 2.35 bits per heavy atom. The fraction of sp³-hybridized carbons (Fsp3) is 0.458. The molecule has 1 atom stereocenters. The monoisotopic (exact) mass is 428 g/mol. The first-order chi connectivity index (χ1) is 14.7. The molecule has 0 aromatic heterocycles. The lowest BCUT2D eigenvalue weighted by Gasteiger charge is -2.42. The van der Waals surface area contributed by atoms with Crippen LogP contribution in [0.2, 0.25) is 0 Å². The normalized spacial score (nSPS) is 16.8. The molecule has 1 N–H and O–H groups in total. The summed E-state index contributed by atoms with van der Waals surface area (Å²) in [6.07, 6.45) is -0.307. The van der Waals surface area contributed by atoms with E-state index in [0.29, 0.717) is 32.8 Å². The van der Waals surface area contributed by atoms with Gasteiger partial charge in [0.25, 0.3) is 0 Å². The van der Waals surface area contributed by atoms with Gasteiger partial charge in [0.1, 0.15) is 17.1 Å². The highest BCUT2D eigenvalue weighted by Gasteiger charge is 2.32. The molecular weight excluding hydrogens is 396 g/mol. The van der Waals surface area contributed by atoms with Gasteiger partial charge in [-0.15, -0.1) is 0 Å². The van der Waals surface area contributed by atoms with Crippen LogP contribution >= 0.6 is 0 Å². The Morgan fingerprint density at radius 1 is 1.06 bits per heavy atom. The van der Waals surface area contributed by atoms with Gasteiger partial charge in [-0.05, 0) is 62.7 Å². The average Bonchev–Trinajstić information content (AvgIpc) is 2.74. The maximum absolute atomic E-state index is 12.6. The number of ether oxygens (including phenoxy) is 3. The van der Waals surface area contributed by atoms with Crippen molar-refractivity contribution >= 4 is 11.8 Å². The van der Waals surface area contributed by atoms with Crippen LogP contribution in [0.15, 0.2) is 48.5 Å². The Hall–Kier alpha value is -2.93. The lowest BCUT2D eigenvalue weighted by Crippen LogP contribution is -2.57. The molecule has 0 aliphatic carbocycles. The van der Waals surface area contributed by atoms with Crippen LogP contribution in [-0.2, 0) is 16.1 Å². The summed E-state index contributed by atoms with van der Waals surface area (Å²) in [7, 11) is 1.64. The number of hydrogen-bond donors (Lipinski definition) is 1. The molecule has 3 rings (SSSR count). The molecule has 1 unspecified atom stereocenters. The van der Waals surface area contributed by atoms with E-state index < -0.39 is 5.60 Å². The molecule has 1 fully saturated rings. The van der Waals surface area contributed by atoms with E-state index in [4.69, 9.17) is 14.2 Å². The van der Waals surface area contributed by atoms with Crippen molar-refractivity contribution in [3.8, 4) is 11.5 Å². The second kappa shape index (κ2) is 9.92. The molecule has 0 bridgehead atoms. The Morgan fingerprint density at radius 2 is 1.74 bits per heavy atom. The summed E-state index contributed by atoms with van der Waals surface area (Å²) in [4.78, 5) is 16.6. The van der Waals surface area contributed by atoms with Gasteiger partial charge in [-0.3, -0.25) is 0 Å². The first-order valence-electron chi connectivity index (χ1n) is 10.5. The predicted molar refractivity (Wildman–Crippen MR) is 120 cm³/mol. The molecule has 2 aromatic carbocycles. The average molecular weight is 429 g/mol. The number of nitrogens with zero attached hydrogens (tertiary/aromatic N) is 2. The van der Waals surface area contributed by atoms with E-state index >= 15 is 0 Å². The first kappa shape index (κ1) is 22.7. The zero-order valence-corrected chi connectivity index (χ0v) is 18.7. The van der Waals surface area contributed by atoms with Crippen LogP contribution < -0.4 is 9.64 Å². The van der Waals surface area contributed by atoms with Gasteiger partial charge in [0.05, 0.1) is 26.4 Å². The van der Waals surface area contributed by atoms with E-state index in [1.807, 2.05) is 57.2 Å². The zero-order chi connectivity index (χ0) is 22.4. The predicted octanol–water partition coefficient (Wildman–Crippen LogP) is 4.04. The van der Waals surface area contributed by atoms with E-state index in [2.05, 4.69) is 4.90 Å². The molecule has 31 heavy (non-hydrogen) atoms. The van der Waals surface area contributed by atoms with Gasteiger partial charge in [-0.1, -0.05) is 12.1 Å². The number of carbonyl (C=O) groups is 1. The number of phenolic OH excluding ortho intramolecular Hbond substituents is 1. The largest absolute Gasteiger partial charge is 0.508 e. The third-order valence-electron chi connectivity index (χ3n) is 5.05. The lowest BCUT2D eigenvalue weighted by molar-refractivity contribution is 0.0162. The van der Waals surface area contributed by atoms with Crippen molar-refractivity contribution in [2.75, 3.05) is 38.3 Å². The van der Waals surface area contributed by atoms with Crippen molar-refractivity contribution in [1.82, 2.24) is 4.90 Å². The van der Waals surface area contributed by atoms with Crippen LogP contribution in [-0.4, -0.2) is 61.1 Å². The van der Waals surface area contributed by atoms with E-state index in [9.17, 15) is 9.90 Å². The molecule has 1 aliphatic rings. The molecule has 0 radical (unpaired) electrons. The fourth-order valence-corrected chi connectivity index (χ4v) is 3.51. The lowest BCUT2D eigenvalue weighted by atomic mass is 10.1. The van der Waals surface area contributed by atoms with Gasteiger partial charge in [0.15, 0.2) is 0 Å². The number of carbonyl (C=O) groups excluding carboxylic acids is 1.